The molecule has 442 valence electrons. The van der Waals surface area contributed by atoms with E-state index in [0.717, 1.165) is 57.8 Å². The van der Waals surface area contributed by atoms with Crippen LogP contribution in [0, 0.1) is 0 Å². The maximum absolute atomic E-state index is 12.8. The van der Waals surface area contributed by atoms with Gasteiger partial charge in [-0.25, -0.2) is 0 Å². The molecule has 0 spiro atoms. The van der Waals surface area contributed by atoms with E-state index in [9.17, 15) is 19.0 Å². The second-order valence-corrected chi connectivity index (χ2v) is 24.5. The maximum Gasteiger partial charge on any atom is 0.306 e. The van der Waals surface area contributed by atoms with Crippen LogP contribution < -0.4 is 4.89 Å². The Kier molecular flexibility index (Phi) is 55.6. The molecule has 0 heterocycles. The van der Waals surface area contributed by atoms with Crippen LogP contribution in [-0.2, 0) is 32.7 Å². The van der Waals surface area contributed by atoms with Crippen LogP contribution >= 0.6 is 7.82 Å². The molecule has 0 aliphatic carbocycles. The van der Waals surface area contributed by atoms with E-state index in [-0.39, 0.29) is 32.0 Å². The number of allylic oxidation sites excluding steroid dienone is 6. The summed E-state index contributed by atoms with van der Waals surface area (Å²) in [5, 5.41) is 0. The Hall–Kier alpha value is -1.77. The van der Waals surface area contributed by atoms with E-state index < -0.39 is 26.5 Å². The molecule has 75 heavy (non-hydrogen) atoms. The number of rotatable bonds is 60. The number of hydrogen-bond acceptors (Lipinski definition) is 8. The molecule has 0 N–H and O–H groups in total. The number of quaternary nitrogens is 1. The van der Waals surface area contributed by atoms with Crippen molar-refractivity contribution in [2.45, 2.75) is 322 Å². The summed E-state index contributed by atoms with van der Waals surface area (Å²) in [6, 6.07) is 0. The lowest BCUT2D eigenvalue weighted by atomic mass is 10.0. The molecule has 0 bridgehead atoms. The SMILES string of the molecule is CCCCCC/C=C\C/C=C\CCCCCCCC(=O)OC(COC(=O)CCCCCCCCCCCCCCCCCCCCCCCCC/C=C\CCCCCCCCCC)COP(=O)([O-])OCC[N+](C)(C)C. The van der Waals surface area contributed by atoms with Crippen molar-refractivity contribution in [3.63, 3.8) is 0 Å². The molecule has 0 fully saturated rings. The summed E-state index contributed by atoms with van der Waals surface area (Å²) in [4.78, 5) is 37.9. The molecule has 0 aromatic carbocycles. The summed E-state index contributed by atoms with van der Waals surface area (Å²) in [5.74, 6) is -0.836. The van der Waals surface area contributed by atoms with Gasteiger partial charge in [0, 0.05) is 12.8 Å². The third kappa shape index (κ3) is 61.3. The van der Waals surface area contributed by atoms with E-state index in [4.69, 9.17) is 18.5 Å². The van der Waals surface area contributed by atoms with Crippen molar-refractivity contribution in [2.75, 3.05) is 47.5 Å². The van der Waals surface area contributed by atoms with E-state index in [0.29, 0.717) is 17.4 Å². The average molecular weight is 1080 g/mol. The average Bonchev–Trinajstić information content (AvgIpc) is 3.37. The van der Waals surface area contributed by atoms with E-state index in [1.165, 1.54) is 225 Å². The minimum Gasteiger partial charge on any atom is -0.756 e. The summed E-state index contributed by atoms with van der Waals surface area (Å²) in [6.45, 7) is 4.24. The minimum atomic E-state index is -4.64. The van der Waals surface area contributed by atoms with E-state index in [2.05, 4.69) is 50.3 Å². The quantitative estimate of drug-likeness (QED) is 0.0195. The van der Waals surface area contributed by atoms with Gasteiger partial charge in [-0.3, -0.25) is 14.2 Å². The molecular weight excluding hydrogens is 954 g/mol. The van der Waals surface area contributed by atoms with Crippen LogP contribution in [0.2, 0.25) is 0 Å². The first kappa shape index (κ1) is 73.2. The van der Waals surface area contributed by atoms with Crippen LogP contribution in [-0.4, -0.2) is 70.0 Å². The van der Waals surface area contributed by atoms with Gasteiger partial charge in [0.15, 0.2) is 6.10 Å². The Balaban J connectivity index is 3.94. The standard InChI is InChI=1S/C65H124NO8P/c1-6-8-10-12-14-16-18-20-22-24-25-26-27-28-29-30-31-32-33-34-35-36-37-38-39-40-41-42-44-45-47-49-51-53-55-57-64(67)71-61-63(62-73-75(69,70)72-60-59-66(3,4)5)74-65(68)58-56-54-52-50-48-46-43-23-21-19-17-15-13-11-9-7-2/h17,19,23-25,43,63H,6-16,18,20-22,26-42,44-62H2,1-5H3/b19-17-,25-24-,43-23-. The van der Waals surface area contributed by atoms with Crippen LogP contribution in [0.25, 0.3) is 0 Å². The zero-order valence-corrected chi connectivity index (χ0v) is 51.2. The molecule has 9 nitrogen and oxygen atoms in total. The highest BCUT2D eigenvalue weighted by Gasteiger charge is 2.22. The van der Waals surface area contributed by atoms with Crippen molar-refractivity contribution < 1.29 is 42.1 Å². The molecule has 10 heteroatoms. The van der Waals surface area contributed by atoms with Crippen molar-refractivity contribution in [3.05, 3.63) is 36.5 Å². The van der Waals surface area contributed by atoms with Crippen LogP contribution in [0.1, 0.15) is 316 Å². The van der Waals surface area contributed by atoms with Crippen molar-refractivity contribution in [2.24, 2.45) is 0 Å². The molecular formula is C65H124NO8P. The highest BCUT2D eigenvalue weighted by molar-refractivity contribution is 7.45. The summed E-state index contributed by atoms with van der Waals surface area (Å²) < 4.78 is 34.2. The van der Waals surface area contributed by atoms with Crippen LogP contribution in [0.4, 0.5) is 0 Å². The summed E-state index contributed by atoms with van der Waals surface area (Å²) in [6.07, 6.45) is 70.9. The Morgan fingerprint density at radius 3 is 1.08 bits per heavy atom. The first-order chi connectivity index (χ1) is 36.5. The van der Waals surface area contributed by atoms with Crippen LogP contribution in [0.3, 0.4) is 0 Å². The first-order valence-corrected chi connectivity index (χ1v) is 33.7. The predicted octanol–water partition coefficient (Wildman–Crippen LogP) is 19.7. The fraction of sp³-hybridized carbons (Fsp3) is 0.877. The zero-order chi connectivity index (χ0) is 54.9. The lowest BCUT2D eigenvalue weighted by Crippen LogP contribution is -2.37. The molecule has 2 unspecified atom stereocenters. The maximum atomic E-state index is 12.8. The molecule has 0 rings (SSSR count). The van der Waals surface area contributed by atoms with Crippen LogP contribution in [0.15, 0.2) is 36.5 Å². The molecule has 0 amide bonds. The molecule has 0 saturated heterocycles. The largest absolute Gasteiger partial charge is 0.756 e. The van der Waals surface area contributed by atoms with Crippen molar-refractivity contribution in [1.82, 2.24) is 0 Å². The highest BCUT2D eigenvalue weighted by atomic mass is 31.2. The topological polar surface area (TPSA) is 111 Å². The Morgan fingerprint density at radius 2 is 0.720 bits per heavy atom. The summed E-state index contributed by atoms with van der Waals surface area (Å²) in [7, 11) is 1.17. The number of nitrogens with zero attached hydrogens (tertiary/aromatic N) is 1. The van der Waals surface area contributed by atoms with Gasteiger partial charge in [0.25, 0.3) is 7.82 Å². The normalized spacial score (nSPS) is 13.4. The van der Waals surface area contributed by atoms with Crippen molar-refractivity contribution in [3.8, 4) is 0 Å². The number of phosphoric acid groups is 1. The van der Waals surface area contributed by atoms with Crippen LogP contribution in [0.5, 0.6) is 0 Å². The lowest BCUT2D eigenvalue weighted by Gasteiger charge is -2.28. The number of phosphoric ester groups is 1. The monoisotopic (exact) mass is 1080 g/mol. The first-order valence-electron chi connectivity index (χ1n) is 32.2. The van der Waals surface area contributed by atoms with E-state index in [1.54, 1.807) is 0 Å². The van der Waals surface area contributed by atoms with Crippen molar-refractivity contribution >= 4 is 19.8 Å². The van der Waals surface area contributed by atoms with Gasteiger partial charge in [-0.1, -0.05) is 269 Å². The van der Waals surface area contributed by atoms with Gasteiger partial charge in [0.1, 0.15) is 19.8 Å². The molecule has 0 aliphatic rings. The zero-order valence-electron chi connectivity index (χ0n) is 50.3. The number of carbonyl (C=O) groups is 2. The third-order valence-corrected chi connectivity index (χ3v) is 15.3. The smallest absolute Gasteiger partial charge is 0.306 e. The summed E-state index contributed by atoms with van der Waals surface area (Å²) in [5.41, 5.74) is 0. The molecule has 0 aliphatic heterocycles. The minimum absolute atomic E-state index is 0.0322. The second-order valence-electron chi connectivity index (χ2n) is 23.1. The number of ether oxygens (including phenoxy) is 2. The van der Waals surface area contributed by atoms with Gasteiger partial charge < -0.3 is 27.9 Å². The number of hydrogen-bond donors (Lipinski definition) is 0. The van der Waals surface area contributed by atoms with Gasteiger partial charge in [0.2, 0.25) is 0 Å². The lowest BCUT2D eigenvalue weighted by molar-refractivity contribution is -0.870. The Labute approximate surface area is 465 Å². The number of carbonyl (C=O) groups excluding carboxylic acids is 2. The molecule has 0 aromatic heterocycles. The number of unbranched alkanes of at least 4 members (excludes halogenated alkanes) is 40. The Morgan fingerprint density at radius 1 is 0.413 bits per heavy atom. The summed E-state index contributed by atoms with van der Waals surface area (Å²) >= 11 is 0. The number of esters is 2. The fourth-order valence-electron chi connectivity index (χ4n) is 9.39. The molecule has 0 radical (unpaired) electrons. The second kappa shape index (κ2) is 56.9. The van der Waals surface area contributed by atoms with Gasteiger partial charge in [-0.05, 0) is 70.6 Å². The third-order valence-electron chi connectivity index (χ3n) is 14.4. The molecule has 0 saturated carbocycles. The van der Waals surface area contributed by atoms with E-state index in [1.807, 2.05) is 21.1 Å². The van der Waals surface area contributed by atoms with Gasteiger partial charge in [0.05, 0.1) is 27.7 Å². The predicted molar refractivity (Wildman–Crippen MR) is 319 cm³/mol. The van der Waals surface area contributed by atoms with Gasteiger partial charge in [-0.2, -0.15) is 0 Å². The van der Waals surface area contributed by atoms with Crippen molar-refractivity contribution in [1.29, 1.82) is 0 Å². The highest BCUT2D eigenvalue weighted by Crippen LogP contribution is 2.38. The Bertz CT molecular complexity index is 1360. The van der Waals surface area contributed by atoms with E-state index >= 15 is 0 Å². The van der Waals surface area contributed by atoms with Gasteiger partial charge >= 0.3 is 11.9 Å². The van der Waals surface area contributed by atoms with Gasteiger partial charge in [-0.15, -0.1) is 0 Å². The number of likely N-dealkylation sites (N-methyl/N-ethyl adjacent to an activating group) is 1. The fourth-order valence-corrected chi connectivity index (χ4v) is 10.1. The molecule has 2 atom stereocenters. The molecule has 0 aromatic rings.